The van der Waals surface area contributed by atoms with Crippen molar-refractivity contribution in [1.29, 1.82) is 0 Å². The third-order valence-corrected chi connectivity index (χ3v) is 5.27. The molecule has 3 aliphatic heterocycles. The van der Waals surface area contributed by atoms with Gasteiger partial charge in [0.05, 0.1) is 5.69 Å². The van der Waals surface area contributed by atoms with Gasteiger partial charge in [-0.3, -0.25) is 14.7 Å². The van der Waals surface area contributed by atoms with Crippen LogP contribution in [0, 0.1) is 17.6 Å². The average molecular weight is 375 g/mol. The van der Waals surface area contributed by atoms with Crippen molar-refractivity contribution < 1.29 is 18.4 Å². The van der Waals surface area contributed by atoms with E-state index in [1.807, 2.05) is 0 Å². The number of hydrogen-bond acceptors (Lipinski definition) is 4. The molecule has 1 aromatic carbocycles. The predicted octanol–water partition coefficient (Wildman–Crippen LogP) is 1.76. The second kappa shape index (κ2) is 7.07. The number of benzene rings is 1. The molecule has 3 fully saturated rings. The molecule has 0 spiro atoms. The summed E-state index contributed by atoms with van der Waals surface area (Å²) in [7, 11) is 0. The Bertz CT molecular complexity index is 856. The van der Waals surface area contributed by atoms with Crippen LogP contribution < -0.4 is 10.6 Å². The van der Waals surface area contributed by atoms with Crippen molar-refractivity contribution in [3.05, 3.63) is 47.3 Å². The number of aromatic amines is 1. The molecule has 2 bridgehead atoms. The minimum atomic E-state index is -0.983. The van der Waals surface area contributed by atoms with E-state index in [1.165, 1.54) is 12.3 Å². The lowest BCUT2D eigenvalue weighted by Gasteiger charge is -2.44. The van der Waals surface area contributed by atoms with Gasteiger partial charge in [-0.1, -0.05) is 6.07 Å². The van der Waals surface area contributed by atoms with Crippen LogP contribution in [0.1, 0.15) is 33.7 Å². The van der Waals surface area contributed by atoms with Gasteiger partial charge in [0.15, 0.2) is 5.69 Å². The first kappa shape index (κ1) is 17.6. The largest absolute Gasteiger partial charge is 0.346 e. The molecule has 2 aromatic rings. The standard InChI is InChI=1S/C18H19F2N5O2/c19-11-2-1-3-12(20)15(11)17(26)22-13-8-21-24-16(13)18(27)23-14-9-25-6-4-10(14)5-7-25/h1-3,8,10,14H,4-7,9H2,(H,21,24)(H,22,26)(H,23,27)/t14-/m0/s1. The maximum Gasteiger partial charge on any atom is 0.274 e. The second-order valence-electron chi connectivity index (χ2n) is 6.92. The second-order valence-corrected chi connectivity index (χ2v) is 6.92. The third-order valence-electron chi connectivity index (χ3n) is 5.27. The van der Waals surface area contributed by atoms with Gasteiger partial charge in [-0.25, -0.2) is 8.78 Å². The zero-order valence-corrected chi connectivity index (χ0v) is 14.5. The van der Waals surface area contributed by atoms with Crippen molar-refractivity contribution in [2.45, 2.75) is 18.9 Å². The van der Waals surface area contributed by atoms with Gasteiger partial charge < -0.3 is 15.5 Å². The highest BCUT2D eigenvalue weighted by Gasteiger charge is 2.35. The van der Waals surface area contributed by atoms with E-state index in [4.69, 9.17) is 0 Å². The molecule has 3 saturated heterocycles. The van der Waals surface area contributed by atoms with Crippen LogP contribution in [0.15, 0.2) is 24.4 Å². The zero-order chi connectivity index (χ0) is 19.0. The summed E-state index contributed by atoms with van der Waals surface area (Å²) < 4.78 is 27.6. The molecule has 9 heteroatoms. The summed E-state index contributed by atoms with van der Waals surface area (Å²) in [6.07, 6.45) is 3.39. The molecule has 0 aliphatic carbocycles. The Morgan fingerprint density at radius 3 is 2.48 bits per heavy atom. The highest BCUT2D eigenvalue weighted by molar-refractivity contribution is 6.08. The molecule has 3 aliphatic rings. The summed E-state index contributed by atoms with van der Waals surface area (Å²) >= 11 is 0. The number of carbonyl (C=O) groups excluding carboxylic acids is 2. The van der Waals surface area contributed by atoms with Crippen LogP contribution in [0.4, 0.5) is 14.5 Å². The van der Waals surface area contributed by atoms with Crippen LogP contribution in [0.5, 0.6) is 0 Å². The van der Waals surface area contributed by atoms with Crippen LogP contribution in [-0.2, 0) is 0 Å². The molecule has 2 amide bonds. The molecule has 3 N–H and O–H groups in total. The average Bonchev–Trinajstić information content (AvgIpc) is 3.11. The number of halogens is 2. The summed E-state index contributed by atoms with van der Waals surface area (Å²) in [5.74, 6) is -2.94. The molecular formula is C18H19F2N5O2. The van der Waals surface area contributed by atoms with Crippen molar-refractivity contribution in [3.63, 3.8) is 0 Å². The van der Waals surface area contributed by atoms with E-state index in [9.17, 15) is 18.4 Å². The Kier molecular flexibility index (Phi) is 4.61. The lowest BCUT2D eigenvalue weighted by molar-refractivity contribution is 0.0618. The number of anilines is 1. The van der Waals surface area contributed by atoms with E-state index in [2.05, 4.69) is 25.7 Å². The first-order valence-electron chi connectivity index (χ1n) is 8.85. The maximum atomic E-state index is 13.8. The number of rotatable bonds is 4. The van der Waals surface area contributed by atoms with Gasteiger partial charge in [0.25, 0.3) is 11.8 Å². The third kappa shape index (κ3) is 3.42. The highest BCUT2D eigenvalue weighted by Crippen LogP contribution is 2.28. The number of hydrogen-bond donors (Lipinski definition) is 3. The number of carbonyl (C=O) groups is 2. The number of piperidine rings is 3. The lowest BCUT2D eigenvalue weighted by Crippen LogP contribution is -2.57. The molecule has 1 aromatic heterocycles. The summed E-state index contributed by atoms with van der Waals surface area (Å²) in [5, 5.41) is 11.7. The van der Waals surface area contributed by atoms with Gasteiger partial charge in [0, 0.05) is 18.8 Å². The number of amides is 2. The Morgan fingerprint density at radius 2 is 1.85 bits per heavy atom. The molecule has 1 atom stereocenters. The summed E-state index contributed by atoms with van der Waals surface area (Å²) in [6, 6.07) is 3.19. The van der Waals surface area contributed by atoms with Gasteiger partial charge >= 0.3 is 0 Å². The molecule has 142 valence electrons. The van der Waals surface area contributed by atoms with E-state index in [-0.39, 0.29) is 17.4 Å². The monoisotopic (exact) mass is 375 g/mol. The molecule has 0 saturated carbocycles. The molecule has 0 radical (unpaired) electrons. The number of H-pyrrole nitrogens is 1. The van der Waals surface area contributed by atoms with Crippen LogP contribution in [-0.4, -0.2) is 52.6 Å². The van der Waals surface area contributed by atoms with E-state index in [0.29, 0.717) is 5.92 Å². The minimum Gasteiger partial charge on any atom is -0.346 e. The minimum absolute atomic E-state index is 0.0171. The van der Waals surface area contributed by atoms with Gasteiger partial charge in [-0.15, -0.1) is 0 Å². The summed E-state index contributed by atoms with van der Waals surface area (Å²) in [5.41, 5.74) is -0.652. The molecule has 27 heavy (non-hydrogen) atoms. The Hall–Kier alpha value is -2.81. The Balaban J connectivity index is 1.48. The SMILES string of the molecule is O=C(N[C@H]1CN2CCC1CC2)c1n[nH]cc1NC(=O)c1c(F)cccc1F. The normalized spacial score (nSPS) is 23.9. The fraction of sp³-hybridized carbons (Fsp3) is 0.389. The van der Waals surface area contributed by atoms with E-state index in [0.717, 1.165) is 44.6 Å². The smallest absolute Gasteiger partial charge is 0.274 e. The van der Waals surface area contributed by atoms with Crippen molar-refractivity contribution in [2.75, 3.05) is 25.0 Å². The quantitative estimate of drug-likeness (QED) is 0.760. The van der Waals surface area contributed by atoms with Crippen molar-refractivity contribution >= 4 is 17.5 Å². The van der Waals surface area contributed by atoms with Crippen molar-refractivity contribution in [2.24, 2.45) is 5.92 Å². The van der Waals surface area contributed by atoms with Crippen LogP contribution >= 0.6 is 0 Å². The van der Waals surface area contributed by atoms with Gasteiger partial charge in [0.2, 0.25) is 0 Å². The van der Waals surface area contributed by atoms with Gasteiger partial charge in [-0.05, 0) is 44.0 Å². The molecule has 7 nitrogen and oxygen atoms in total. The predicted molar refractivity (Wildman–Crippen MR) is 93.3 cm³/mol. The Labute approximate surface area is 154 Å². The first-order valence-corrected chi connectivity index (χ1v) is 8.85. The van der Waals surface area contributed by atoms with Gasteiger partial charge in [-0.2, -0.15) is 5.10 Å². The molecule has 0 unspecified atom stereocenters. The van der Waals surface area contributed by atoms with Crippen LogP contribution in [0.3, 0.4) is 0 Å². The maximum absolute atomic E-state index is 13.8. The highest BCUT2D eigenvalue weighted by atomic mass is 19.1. The zero-order valence-electron chi connectivity index (χ0n) is 14.5. The molecule has 4 heterocycles. The first-order chi connectivity index (χ1) is 13.0. The van der Waals surface area contributed by atoms with E-state index >= 15 is 0 Å². The topological polar surface area (TPSA) is 90.1 Å². The molecular weight excluding hydrogens is 356 g/mol. The number of aromatic nitrogens is 2. The van der Waals surface area contributed by atoms with Gasteiger partial charge in [0.1, 0.15) is 17.2 Å². The number of nitrogens with one attached hydrogen (secondary N) is 3. The van der Waals surface area contributed by atoms with Crippen molar-refractivity contribution in [1.82, 2.24) is 20.4 Å². The summed E-state index contributed by atoms with van der Waals surface area (Å²) in [6.45, 7) is 2.90. The van der Waals surface area contributed by atoms with E-state index < -0.39 is 29.0 Å². The fourth-order valence-electron chi connectivity index (χ4n) is 3.82. The number of nitrogens with zero attached hydrogens (tertiary/aromatic N) is 2. The lowest BCUT2D eigenvalue weighted by atomic mass is 9.84. The Morgan fingerprint density at radius 1 is 1.15 bits per heavy atom. The summed E-state index contributed by atoms with van der Waals surface area (Å²) in [4.78, 5) is 27.2. The molecule has 5 rings (SSSR count). The number of fused-ring (bicyclic) bond motifs is 3. The van der Waals surface area contributed by atoms with E-state index in [1.54, 1.807) is 0 Å². The fourth-order valence-corrected chi connectivity index (χ4v) is 3.82. The van der Waals surface area contributed by atoms with Crippen LogP contribution in [0.2, 0.25) is 0 Å². The van der Waals surface area contributed by atoms with Crippen LogP contribution in [0.25, 0.3) is 0 Å². The van der Waals surface area contributed by atoms with Crippen molar-refractivity contribution in [3.8, 4) is 0 Å².